The molecule has 8 nitrogen and oxygen atoms in total. The third kappa shape index (κ3) is 8.04. The minimum atomic E-state index is -1.13. The zero-order chi connectivity index (χ0) is 31.1. The molecule has 42 heavy (non-hydrogen) atoms. The Kier molecular flexibility index (Phi) is 11.8. The molecule has 1 aromatic rings. The molecule has 9 heteroatoms. The van der Waals surface area contributed by atoms with E-state index < -0.39 is 53.7 Å². The number of halogens is 1. The van der Waals surface area contributed by atoms with E-state index in [4.69, 9.17) is 4.74 Å². The molecule has 2 amide bonds. The zero-order valence-corrected chi connectivity index (χ0v) is 25.8. The van der Waals surface area contributed by atoms with Crippen LogP contribution in [0.4, 0.5) is 9.18 Å². The van der Waals surface area contributed by atoms with Crippen molar-refractivity contribution < 1.29 is 33.1 Å². The number of nitrogens with zero attached hydrogens (tertiary/aromatic N) is 1. The highest BCUT2D eigenvalue weighted by atomic mass is 19.1. The fourth-order valence-corrected chi connectivity index (χ4v) is 6.51. The number of carbonyl (C=O) groups is 5. The molecule has 1 aromatic carbocycles. The van der Waals surface area contributed by atoms with Gasteiger partial charge in [0, 0.05) is 31.2 Å². The van der Waals surface area contributed by atoms with Crippen LogP contribution in [0.5, 0.6) is 0 Å². The van der Waals surface area contributed by atoms with Gasteiger partial charge in [-0.05, 0) is 56.4 Å². The third-order valence-electron chi connectivity index (χ3n) is 8.69. The number of carbonyl (C=O) groups excluding carboxylic acids is 5. The number of ketones is 3. The number of alkyl halides is 1. The first-order valence-corrected chi connectivity index (χ1v) is 15.4. The monoisotopic (exact) mass is 586 g/mol. The summed E-state index contributed by atoms with van der Waals surface area (Å²) in [5.74, 6) is -3.95. The van der Waals surface area contributed by atoms with Gasteiger partial charge < -0.3 is 15.0 Å². The topological polar surface area (TPSA) is 110 Å². The van der Waals surface area contributed by atoms with E-state index in [1.807, 2.05) is 44.2 Å². The van der Waals surface area contributed by atoms with Crippen molar-refractivity contribution in [3.63, 3.8) is 0 Å². The van der Waals surface area contributed by atoms with E-state index in [2.05, 4.69) is 5.32 Å². The summed E-state index contributed by atoms with van der Waals surface area (Å²) in [7, 11) is 0. The van der Waals surface area contributed by atoms with Crippen molar-refractivity contribution in [2.24, 2.45) is 23.7 Å². The molecular weight excluding hydrogens is 539 g/mol. The van der Waals surface area contributed by atoms with Crippen molar-refractivity contribution in [1.29, 1.82) is 0 Å². The van der Waals surface area contributed by atoms with E-state index in [-0.39, 0.29) is 49.0 Å². The van der Waals surface area contributed by atoms with Gasteiger partial charge in [0.25, 0.3) is 0 Å². The Balaban J connectivity index is 1.79. The van der Waals surface area contributed by atoms with E-state index in [1.54, 1.807) is 27.7 Å². The maximum Gasteiger partial charge on any atom is 0.408 e. The molecule has 1 heterocycles. The number of hydrogen-bond donors (Lipinski definition) is 1. The van der Waals surface area contributed by atoms with Gasteiger partial charge in [-0.1, -0.05) is 64.4 Å². The maximum absolute atomic E-state index is 14.9. The fourth-order valence-electron chi connectivity index (χ4n) is 6.51. The highest BCUT2D eigenvalue weighted by molar-refractivity contribution is 6.38. The summed E-state index contributed by atoms with van der Waals surface area (Å²) in [6.07, 6.45) is -0.625. The van der Waals surface area contributed by atoms with Gasteiger partial charge in [0.1, 0.15) is 12.2 Å². The predicted octanol–water partition coefficient (Wildman–Crippen LogP) is 5.43. The van der Waals surface area contributed by atoms with Gasteiger partial charge in [-0.25, -0.2) is 9.18 Å². The Morgan fingerprint density at radius 2 is 1.64 bits per heavy atom. The minimum Gasteiger partial charge on any atom is -0.447 e. The van der Waals surface area contributed by atoms with Crippen molar-refractivity contribution in [3.05, 3.63) is 35.9 Å². The van der Waals surface area contributed by atoms with E-state index in [1.165, 1.54) is 4.90 Å². The molecule has 0 bridgehead atoms. The summed E-state index contributed by atoms with van der Waals surface area (Å²) in [4.78, 5) is 68.0. The van der Waals surface area contributed by atoms with Gasteiger partial charge >= 0.3 is 6.09 Å². The molecule has 0 aromatic heterocycles. The number of benzene rings is 1. The lowest BCUT2D eigenvalue weighted by Crippen LogP contribution is -2.55. The van der Waals surface area contributed by atoms with E-state index in [9.17, 15) is 28.4 Å². The number of Topliss-reactive ketones (excluding diaryl/α,β-unsaturated/α-hetero) is 3. The number of likely N-dealkylation sites (tertiary alicyclic amines) is 1. The predicted molar refractivity (Wildman–Crippen MR) is 157 cm³/mol. The number of fused-ring (bicyclic) bond motifs is 1. The lowest BCUT2D eigenvalue weighted by atomic mass is 9.83. The first-order chi connectivity index (χ1) is 19.8. The molecule has 3 rings (SSSR count). The SMILES string of the molecule is CCCC(CC(=O)[C@@H]1[C@H]2CCC(F)C2CN1C(=O)[C@@H](NC(=O)OC(C)C)C(C)C)C(=O)C(=O)C[C@H](C)c1ccccc1. The lowest BCUT2D eigenvalue weighted by Gasteiger charge is -2.32. The van der Waals surface area contributed by atoms with Crippen LogP contribution in [-0.4, -0.2) is 65.2 Å². The number of rotatable bonds is 14. The van der Waals surface area contributed by atoms with E-state index >= 15 is 0 Å². The molecule has 232 valence electrons. The molecule has 1 aliphatic carbocycles. The second kappa shape index (κ2) is 14.9. The van der Waals surface area contributed by atoms with Crippen LogP contribution in [0.1, 0.15) is 91.5 Å². The normalized spacial score (nSPS) is 23.8. The minimum absolute atomic E-state index is 0.0493. The van der Waals surface area contributed by atoms with E-state index in [0.717, 1.165) is 5.56 Å². The van der Waals surface area contributed by atoms with Gasteiger partial charge in [-0.3, -0.25) is 19.2 Å². The average molecular weight is 587 g/mol. The lowest BCUT2D eigenvalue weighted by molar-refractivity contribution is -0.143. The standard InChI is InChI=1S/C33H47FN2O6/c1-7-11-23(31(39)28(38)16-21(6)22-12-9-8-10-13-22)17-27(37)30-24-14-15-26(34)25(24)18-36(30)32(40)29(19(2)3)35-33(41)42-20(4)5/h8-10,12-13,19-21,23-26,29-30H,7,11,14-18H2,1-6H3,(H,35,41)/t21-,23?,24-,25?,26?,29-,30-/m0/s1. The highest BCUT2D eigenvalue weighted by Crippen LogP contribution is 2.45. The first-order valence-electron chi connectivity index (χ1n) is 15.4. The number of nitrogens with one attached hydrogen (secondary N) is 1. The van der Waals surface area contributed by atoms with Crippen molar-refractivity contribution in [2.45, 2.75) is 110 Å². The summed E-state index contributed by atoms with van der Waals surface area (Å²) in [5.41, 5.74) is 0.959. The molecule has 3 unspecified atom stereocenters. The smallest absolute Gasteiger partial charge is 0.408 e. The number of alkyl carbamates (subject to hydrolysis) is 1. The van der Waals surface area contributed by atoms with Crippen LogP contribution in [0.15, 0.2) is 30.3 Å². The van der Waals surface area contributed by atoms with Crippen LogP contribution in [0.3, 0.4) is 0 Å². The third-order valence-corrected chi connectivity index (χ3v) is 8.69. The molecule has 7 atom stereocenters. The maximum atomic E-state index is 14.9. The molecule has 0 spiro atoms. The van der Waals surface area contributed by atoms with Crippen molar-refractivity contribution in [1.82, 2.24) is 10.2 Å². The van der Waals surface area contributed by atoms with Gasteiger partial charge in [0.2, 0.25) is 11.7 Å². The summed E-state index contributed by atoms with van der Waals surface area (Å²) in [5, 5.41) is 2.63. The Bertz CT molecular complexity index is 1120. The number of amides is 2. The average Bonchev–Trinajstić information content (AvgIpc) is 3.49. The molecule has 1 aliphatic heterocycles. The Morgan fingerprint density at radius 3 is 2.24 bits per heavy atom. The van der Waals surface area contributed by atoms with Crippen molar-refractivity contribution >= 4 is 29.4 Å². The van der Waals surface area contributed by atoms with Crippen molar-refractivity contribution in [3.8, 4) is 0 Å². The van der Waals surface area contributed by atoms with Gasteiger partial charge in [0.15, 0.2) is 11.6 Å². The molecule has 1 saturated heterocycles. The van der Waals surface area contributed by atoms with Crippen LogP contribution in [0, 0.1) is 23.7 Å². The molecular formula is C33H47FN2O6. The van der Waals surface area contributed by atoms with Gasteiger partial charge in [0.05, 0.1) is 12.1 Å². The van der Waals surface area contributed by atoms with Crippen LogP contribution < -0.4 is 5.32 Å². The first kappa shape index (κ1) is 33.4. The molecule has 2 aliphatic rings. The zero-order valence-electron chi connectivity index (χ0n) is 25.8. The second-order valence-electron chi connectivity index (χ2n) is 12.6. The van der Waals surface area contributed by atoms with Crippen LogP contribution >= 0.6 is 0 Å². The van der Waals surface area contributed by atoms with Crippen LogP contribution in [-0.2, 0) is 23.9 Å². The fraction of sp³-hybridized carbons (Fsp3) is 0.667. The molecule has 2 fully saturated rings. The summed E-state index contributed by atoms with van der Waals surface area (Å²) in [6, 6.07) is 7.63. The number of ether oxygens (including phenoxy) is 1. The quantitative estimate of drug-likeness (QED) is 0.291. The molecule has 0 radical (unpaired) electrons. The summed E-state index contributed by atoms with van der Waals surface area (Å²) >= 11 is 0. The largest absolute Gasteiger partial charge is 0.447 e. The van der Waals surface area contributed by atoms with Crippen LogP contribution in [0.2, 0.25) is 0 Å². The highest BCUT2D eigenvalue weighted by Gasteiger charge is 2.54. The molecule has 1 N–H and O–H groups in total. The van der Waals surface area contributed by atoms with Crippen LogP contribution in [0.25, 0.3) is 0 Å². The Morgan fingerprint density at radius 1 is 0.976 bits per heavy atom. The van der Waals surface area contributed by atoms with E-state index in [0.29, 0.717) is 25.7 Å². The number of hydrogen-bond acceptors (Lipinski definition) is 6. The van der Waals surface area contributed by atoms with Gasteiger partial charge in [-0.15, -0.1) is 0 Å². The second-order valence-corrected chi connectivity index (χ2v) is 12.6. The van der Waals surface area contributed by atoms with Crippen molar-refractivity contribution in [2.75, 3.05) is 6.54 Å². The summed E-state index contributed by atoms with van der Waals surface area (Å²) in [6.45, 7) is 10.8. The van der Waals surface area contributed by atoms with Gasteiger partial charge in [-0.2, -0.15) is 0 Å². The Hall–Kier alpha value is -3.10. The summed E-state index contributed by atoms with van der Waals surface area (Å²) < 4.78 is 20.1. The molecule has 1 saturated carbocycles. The Labute approximate surface area is 249 Å².